The summed E-state index contributed by atoms with van der Waals surface area (Å²) in [6.07, 6.45) is 1.07. The maximum Gasteiger partial charge on any atom is 0.250 e. The van der Waals surface area contributed by atoms with E-state index in [2.05, 4.69) is 10.2 Å². The first kappa shape index (κ1) is 21.7. The van der Waals surface area contributed by atoms with Crippen molar-refractivity contribution in [3.8, 4) is 0 Å². The van der Waals surface area contributed by atoms with E-state index >= 15 is 0 Å². The topological polar surface area (TPSA) is 54.3 Å². The number of hydrogen-bond acceptors (Lipinski definition) is 4. The lowest BCUT2D eigenvalue weighted by molar-refractivity contribution is -0.115. The van der Waals surface area contributed by atoms with Gasteiger partial charge in [0.25, 0.3) is 5.56 Å². The summed E-state index contributed by atoms with van der Waals surface area (Å²) in [5.74, 6) is 0.476. The third-order valence-corrected chi connectivity index (χ3v) is 7.71. The van der Waals surface area contributed by atoms with Crippen molar-refractivity contribution in [2.24, 2.45) is 5.92 Å². The lowest BCUT2D eigenvalue weighted by Gasteiger charge is -2.43. The van der Waals surface area contributed by atoms with Crippen LogP contribution in [0.3, 0.4) is 0 Å². The standard InChI is InChI=1S/C21H21Cl2N3O2S2/c1-12(20(28)24-17-8-15(22)5-6-16(17)23)30-21(29)25-9-13-7-14(11-25)18-3-2-4-19(27)26(18)10-13/h2-6,8,12-14H,7,9-11H2,1H3,(H,24,28)/t12-,13-,14-/m0/s1. The Kier molecular flexibility index (Phi) is 6.44. The summed E-state index contributed by atoms with van der Waals surface area (Å²) in [4.78, 5) is 27.0. The number of piperidine rings is 1. The molecule has 0 radical (unpaired) electrons. The Morgan fingerprint density at radius 1 is 1.23 bits per heavy atom. The first-order valence-electron chi connectivity index (χ1n) is 9.73. The summed E-state index contributed by atoms with van der Waals surface area (Å²) in [6.45, 7) is 4.11. The SMILES string of the molecule is C[C@H](SC(=S)N1C[C@@H]2C[C@@H](C1)c1cccc(=O)n1C2)C(=O)Nc1cc(Cl)ccc1Cl. The molecule has 1 saturated heterocycles. The number of benzene rings is 1. The maximum absolute atomic E-state index is 12.6. The number of amides is 1. The highest BCUT2D eigenvalue weighted by Crippen LogP contribution is 2.36. The van der Waals surface area contributed by atoms with E-state index in [1.807, 2.05) is 23.6 Å². The fraction of sp³-hybridized carbons (Fsp3) is 0.381. The molecule has 0 aliphatic carbocycles. The number of pyridine rings is 1. The van der Waals surface area contributed by atoms with Crippen molar-refractivity contribution in [1.82, 2.24) is 9.47 Å². The Morgan fingerprint density at radius 2 is 2.03 bits per heavy atom. The third-order valence-electron chi connectivity index (χ3n) is 5.57. The van der Waals surface area contributed by atoms with E-state index in [1.54, 1.807) is 24.3 Å². The Hall–Kier alpha value is -1.54. The second-order valence-electron chi connectivity index (χ2n) is 7.74. The first-order valence-corrected chi connectivity index (χ1v) is 11.8. The molecule has 0 unspecified atom stereocenters. The maximum atomic E-state index is 12.6. The lowest BCUT2D eigenvalue weighted by atomic mass is 9.83. The highest BCUT2D eigenvalue weighted by Gasteiger charge is 2.35. The van der Waals surface area contributed by atoms with Gasteiger partial charge < -0.3 is 14.8 Å². The number of carbonyl (C=O) groups is 1. The van der Waals surface area contributed by atoms with Gasteiger partial charge in [-0.3, -0.25) is 9.59 Å². The molecule has 1 aromatic heterocycles. The van der Waals surface area contributed by atoms with Crippen LogP contribution in [0.2, 0.25) is 10.0 Å². The smallest absolute Gasteiger partial charge is 0.250 e. The number of nitrogens with zero attached hydrogens (tertiary/aromatic N) is 2. The predicted molar refractivity (Wildman–Crippen MR) is 128 cm³/mol. The number of aromatic nitrogens is 1. The van der Waals surface area contributed by atoms with Gasteiger partial charge in [0.05, 0.1) is 16.0 Å². The van der Waals surface area contributed by atoms with Gasteiger partial charge in [-0.2, -0.15) is 0 Å². The van der Waals surface area contributed by atoms with Crippen molar-refractivity contribution < 1.29 is 4.79 Å². The molecule has 158 valence electrons. The second-order valence-corrected chi connectivity index (χ2v) is 10.6. The molecule has 9 heteroatoms. The van der Waals surface area contributed by atoms with Crippen molar-refractivity contribution in [1.29, 1.82) is 0 Å². The van der Waals surface area contributed by atoms with Crippen molar-refractivity contribution in [2.75, 3.05) is 18.4 Å². The normalized spacial score (nSPS) is 21.0. The minimum absolute atomic E-state index is 0.0672. The minimum Gasteiger partial charge on any atom is -0.356 e. The van der Waals surface area contributed by atoms with Gasteiger partial charge in [-0.25, -0.2) is 0 Å². The molecule has 1 fully saturated rings. The molecule has 1 amide bonds. The zero-order valence-electron chi connectivity index (χ0n) is 16.3. The molecule has 30 heavy (non-hydrogen) atoms. The fourth-order valence-corrected chi connectivity index (χ4v) is 5.84. The number of rotatable bonds is 3. The van der Waals surface area contributed by atoms with Crippen LogP contribution < -0.4 is 10.9 Å². The number of anilines is 1. The number of likely N-dealkylation sites (tertiary alicyclic amines) is 1. The molecule has 1 aromatic carbocycles. The van der Waals surface area contributed by atoms with Crippen LogP contribution in [0.4, 0.5) is 5.69 Å². The van der Waals surface area contributed by atoms with Crippen molar-refractivity contribution in [2.45, 2.75) is 31.1 Å². The molecular weight excluding hydrogens is 461 g/mol. The van der Waals surface area contributed by atoms with Crippen LogP contribution in [-0.2, 0) is 11.3 Å². The monoisotopic (exact) mass is 481 g/mol. The van der Waals surface area contributed by atoms with Crippen LogP contribution in [0.5, 0.6) is 0 Å². The average molecular weight is 482 g/mol. The van der Waals surface area contributed by atoms with Gasteiger partial charge in [-0.05, 0) is 43.5 Å². The molecular formula is C21H21Cl2N3O2S2. The molecule has 2 bridgehead atoms. The summed E-state index contributed by atoms with van der Waals surface area (Å²) < 4.78 is 2.60. The number of fused-ring (bicyclic) bond motifs is 4. The molecule has 2 aromatic rings. The van der Waals surface area contributed by atoms with Gasteiger partial charge in [-0.1, -0.05) is 53.2 Å². The molecule has 0 saturated carbocycles. The van der Waals surface area contributed by atoms with Crippen LogP contribution in [0, 0.1) is 5.92 Å². The number of thioether (sulfide) groups is 1. The van der Waals surface area contributed by atoms with Crippen LogP contribution >= 0.6 is 47.2 Å². The molecule has 4 rings (SSSR count). The van der Waals surface area contributed by atoms with Gasteiger partial charge in [0, 0.05) is 42.3 Å². The van der Waals surface area contributed by atoms with E-state index in [1.165, 1.54) is 11.8 Å². The van der Waals surface area contributed by atoms with E-state index in [0.29, 0.717) is 26.0 Å². The Balaban J connectivity index is 1.40. The van der Waals surface area contributed by atoms with E-state index < -0.39 is 0 Å². The lowest BCUT2D eigenvalue weighted by Crippen LogP contribution is -2.48. The number of hydrogen-bond donors (Lipinski definition) is 1. The van der Waals surface area contributed by atoms with E-state index in [0.717, 1.165) is 31.7 Å². The van der Waals surface area contributed by atoms with Crippen molar-refractivity contribution in [3.63, 3.8) is 0 Å². The fourth-order valence-electron chi connectivity index (χ4n) is 4.15. The van der Waals surface area contributed by atoms with E-state index in [-0.39, 0.29) is 22.6 Å². The third kappa shape index (κ3) is 4.54. The summed E-state index contributed by atoms with van der Waals surface area (Å²) in [5, 5.41) is 3.38. The minimum atomic E-state index is -0.385. The molecule has 3 atom stereocenters. The zero-order valence-corrected chi connectivity index (χ0v) is 19.5. The van der Waals surface area contributed by atoms with Gasteiger partial charge in [-0.15, -0.1) is 0 Å². The molecule has 5 nitrogen and oxygen atoms in total. The highest BCUT2D eigenvalue weighted by molar-refractivity contribution is 8.23. The van der Waals surface area contributed by atoms with Crippen LogP contribution in [0.25, 0.3) is 0 Å². The number of halogens is 2. The average Bonchev–Trinajstić information content (AvgIpc) is 2.71. The molecule has 0 spiro atoms. The van der Waals surface area contributed by atoms with Crippen molar-refractivity contribution in [3.05, 3.63) is 62.5 Å². The molecule has 3 heterocycles. The molecule has 1 N–H and O–H groups in total. The number of carbonyl (C=O) groups excluding carboxylic acids is 1. The quantitative estimate of drug-likeness (QED) is 0.648. The van der Waals surface area contributed by atoms with E-state index in [9.17, 15) is 9.59 Å². The predicted octanol–water partition coefficient (Wildman–Crippen LogP) is 4.62. The Bertz CT molecular complexity index is 1060. The van der Waals surface area contributed by atoms with Crippen molar-refractivity contribution >= 4 is 63.1 Å². The Morgan fingerprint density at radius 3 is 2.83 bits per heavy atom. The zero-order chi connectivity index (χ0) is 21.4. The van der Waals surface area contributed by atoms with Crippen LogP contribution in [-0.4, -0.2) is 38.0 Å². The van der Waals surface area contributed by atoms with Gasteiger partial charge in [0.2, 0.25) is 5.91 Å². The van der Waals surface area contributed by atoms with Gasteiger partial charge in [0.1, 0.15) is 4.32 Å². The second kappa shape index (κ2) is 8.91. The summed E-state index contributed by atoms with van der Waals surface area (Å²) in [7, 11) is 0. The first-order chi connectivity index (χ1) is 14.3. The van der Waals surface area contributed by atoms with Gasteiger partial charge in [0.15, 0.2) is 0 Å². The highest BCUT2D eigenvalue weighted by atomic mass is 35.5. The molecule has 2 aliphatic heterocycles. The van der Waals surface area contributed by atoms with Crippen LogP contribution in [0.1, 0.15) is 25.0 Å². The summed E-state index contributed by atoms with van der Waals surface area (Å²) in [5.41, 5.74) is 1.64. The van der Waals surface area contributed by atoms with E-state index in [4.69, 9.17) is 35.4 Å². The summed E-state index contributed by atoms with van der Waals surface area (Å²) >= 11 is 19.2. The molecule has 2 aliphatic rings. The summed E-state index contributed by atoms with van der Waals surface area (Å²) in [6, 6.07) is 10.4. The van der Waals surface area contributed by atoms with Crippen LogP contribution in [0.15, 0.2) is 41.2 Å². The number of thiocarbonyl (C=S) groups is 1. The van der Waals surface area contributed by atoms with Gasteiger partial charge >= 0.3 is 0 Å². The Labute approximate surface area is 194 Å². The largest absolute Gasteiger partial charge is 0.356 e. The number of nitrogens with one attached hydrogen (secondary N) is 1.